The summed E-state index contributed by atoms with van der Waals surface area (Å²) in [7, 11) is 0. The number of hydrogen-bond donors (Lipinski definition) is 0. The predicted molar refractivity (Wildman–Crippen MR) is 40.1 cm³/mol. The summed E-state index contributed by atoms with van der Waals surface area (Å²) in [6.07, 6.45) is -2.16. The summed E-state index contributed by atoms with van der Waals surface area (Å²) in [6.45, 7) is -0.0329. The van der Waals surface area contributed by atoms with Gasteiger partial charge in [-0.3, -0.25) is 4.99 Å². The molecule has 2 nitrogen and oxygen atoms in total. The first-order valence-corrected chi connectivity index (χ1v) is 3.67. The van der Waals surface area contributed by atoms with Crippen molar-refractivity contribution in [1.29, 1.82) is 0 Å². The van der Waals surface area contributed by atoms with Crippen LogP contribution in [-0.4, -0.2) is 29.5 Å². The van der Waals surface area contributed by atoms with Crippen LogP contribution >= 0.6 is 11.6 Å². The quantitative estimate of drug-likeness (QED) is 0.465. The van der Waals surface area contributed by atoms with E-state index in [1.54, 1.807) is 0 Å². The molecule has 0 aromatic heterocycles. The Kier molecular flexibility index (Phi) is 2.62. The normalized spacial score (nSPS) is 18.0. The fourth-order valence-corrected chi connectivity index (χ4v) is 0.860. The average molecular weight is 199 g/mol. The lowest BCUT2D eigenvalue weighted by Crippen LogP contribution is -2.28. The number of allylic oxidation sites excluding steroid dienone is 1. The van der Waals surface area contributed by atoms with Crippen molar-refractivity contribution in [3.05, 3.63) is 12.3 Å². The first kappa shape index (κ1) is 9.38. The molecule has 0 aromatic rings. The highest BCUT2D eigenvalue weighted by Gasteiger charge is 2.34. The van der Waals surface area contributed by atoms with E-state index in [1.165, 1.54) is 11.1 Å². The van der Waals surface area contributed by atoms with Crippen LogP contribution < -0.4 is 0 Å². The fraction of sp³-hybridized carbons (Fsp3) is 0.500. The van der Waals surface area contributed by atoms with E-state index < -0.39 is 11.9 Å². The Morgan fingerprint density at radius 1 is 1.58 bits per heavy atom. The van der Waals surface area contributed by atoms with Crippen molar-refractivity contribution >= 4 is 17.3 Å². The van der Waals surface area contributed by atoms with E-state index in [0.717, 1.165) is 6.08 Å². The van der Waals surface area contributed by atoms with E-state index in [2.05, 4.69) is 4.99 Å². The van der Waals surface area contributed by atoms with Crippen molar-refractivity contribution in [3.8, 4) is 0 Å². The molecule has 12 heavy (non-hydrogen) atoms. The van der Waals surface area contributed by atoms with Crippen LogP contribution in [0.5, 0.6) is 0 Å². The maximum absolute atomic E-state index is 11.9. The monoisotopic (exact) mass is 198 g/mol. The van der Waals surface area contributed by atoms with Crippen molar-refractivity contribution in [3.63, 3.8) is 0 Å². The van der Waals surface area contributed by atoms with Gasteiger partial charge in [0.15, 0.2) is 0 Å². The lowest BCUT2D eigenvalue weighted by molar-refractivity contribution is -0.0583. The van der Waals surface area contributed by atoms with Crippen LogP contribution in [0.15, 0.2) is 17.3 Å². The third-order valence-electron chi connectivity index (χ3n) is 1.31. The summed E-state index contributed by atoms with van der Waals surface area (Å²) < 4.78 is 35.8. The van der Waals surface area contributed by atoms with Crippen LogP contribution in [0.2, 0.25) is 0 Å². The van der Waals surface area contributed by atoms with Crippen LogP contribution in [-0.2, 0) is 0 Å². The van der Waals surface area contributed by atoms with Gasteiger partial charge in [0.1, 0.15) is 12.4 Å². The zero-order valence-electron chi connectivity index (χ0n) is 5.98. The Morgan fingerprint density at radius 2 is 2.25 bits per heavy atom. The Bertz CT molecular complexity index is 221. The molecule has 0 atom stereocenters. The minimum absolute atomic E-state index is 0.0329. The molecule has 0 unspecified atom stereocenters. The average Bonchev–Trinajstić information content (AvgIpc) is 2.03. The van der Waals surface area contributed by atoms with Crippen molar-refractivity contribution in [1.82, 2.24) is 4.90 Å². The number of aliphatic imine (C=N–C) groups is 1. The molecule has 0 saturated carbocycles. The summed E-state index contributed by atoms with van der Waals surface area (Å²) in [5, 5.41) is 0. The zero-order chi connectivity index (χ0) is 9.19. The van der Waals surface area contributed by atoms with Gasteiger partial charge in [0.2, 0.25) is 0 Å². The second kappa shape index (κ2) is 3.35. The van der Waals surface area contributed by atoms with Gasteiger partial charge in [-0.2, -0.15) is 13.2 Å². The van der Waals surface area contributed by atoms with Gasteiger partial charge in [-0.05, 0) is 6.08 Å². The molecule has 1 aliphatic rings. The number of halogens is 4. The number of hydrogen-bond acceptors (Lipinski definition) is 2. The lowest BCUT2D eigenvalue weighted by Gasteiger charge is -2.19. The highest BCUT2D eigenvalue weighted by molar-refractivity contribution is 6.17. The van der Waals surface area contributed by atoms with Gasteiger partial charge in [-0.25, -0.2) is 0 Å². The third kappa shape index (κ3) is 2.14. The maximum Gasteiger partial charge on any atom is 0.433 e. The molecule has 1 rings (SSSR count). The molecular weight excluding hydrogens is 193 g/mol. The van der Waals surface area contributed by atoms with Crippen LogP contribution in [0.25, 0.3) is 0 Å². The van der Waals surface area contributed by atoms with E-state index in [9.17, 15) is 13.2 Å². The van der Waals surface area contributed by atoms with Crippen LogP contribution in [0.3, 0.4) is 0 Å². The van der Waals surface area contributed by atoms with Crippen LogP contribution in [0, 0.1) is 0 Å². The summed E-state index contributed by atoms with van der Waals surface area (Å²) >= 11 is 5.37. The van der Waals surface area contributed by atoms with Gasteiger partial charge in [0.25, 0.3) is 0 Å². The second-order valence-corrected chi connectivity index (χ2v) is 2.45. The predicted octanol–water partition coefficient (Wildman–Crippen LogP) is 1.97. The minimum atomic E-state index is -4.35. The fourth-order valence-electron chi connectivity index (χ4n) is 0.705. The van der Waals surface area contributed by atoms with Gasteiger partial charge in [-0.15, -0.1) is 11.6 Å². The Morgan fingerprint density at radius 3 is 2.58 bits per heavy atom. The van der Waals surface area contributed by atoms with Gasteiger partial charge >= 0.3 is 6.18 Å². The standard InChI is InChI=1S/C6H6ClF3N2/c7-3-12-2-1-5(11-4-12)6(8,9)10/h1-2H,3-4H2. The first-order valence-electron chi connectivity index (χ1n) is 3.14. The molecule has 6 heteroatoms. The molecule has 0 bridgehead atoms. The molecule has 68 valence electrons. The smallest absolute Gasteiger partial charge is 0.345 e. The second-order valence-electron chi connectivity index (χ2n) is 2.21. The van der Waals surface area contributed by atoms with Gasteiger partial charge in [0, 0.05) is 6.20 Å². The summed E-state index contributed by atoms with van der Waals surface area (Å²) in [6, 6.07) is 0.144. The largest absolute Gasteiger partial charge is 0.433 e. The van der Waals surface area contributed by atoms with E-state index in [4.69, 9.17) is 11.6 Å². The van der Waals surface area contributed by atoms with Crippen molar-refractivity contribution in [2.75, 3.05) is 12.7 Å². The van der Waals surface area contributed by atoms with Crippen LogP contribution in [0.4, 0.5) is 13.2 Å². The van der Waals surface area contributed by atoms with Gasteiger partial charge < -0.3 is 4.90 Å². The van der Waals surface area contributed by atoms with E-state index in [1.807, 2.05) is 0 Å². The Hall–Kier alpha value is -0.710. The van der Waals surface area contributed by atoms with E-state index in [-0.39, 0.29) is 12.7 Å². The molecule has 0 fully saturated rings. The lowest BCUT2D eigenvalue weighted by atomic mass is 10.3. The molecule has 1 heterocycles. The molecule has 0 radical (unpaired) electrons. The van der Waals surface area contributed by atoms with E-state index in [0.29, 0.717) is 0 Å². The number of alkyl halides is 4. The first-order chi connectivity index (χ1) is 5.54. The van der Waals surface area contributed by atoms with Crippen molar-refractivity contribution in [2.45, 2.75) is 6.18 Å². The summed E-state index contributed by atoms with van der Waals surface area (Å²) in [5.41, 5.74) is -0.858. The molecule has 0 N–H and O–H groups in total. The highest BCUT2D eigenvalue weighted by Crippen LogP contribution is 2.20. The van der Waals surface area contributed by atoms with Gasteiger partial charge in [-0.1, -0.05) is 0 Å². The Balaban J connectivity index is 2.64. The van der Waals surface area contributed by atoms with Crippen molar-refractivity contribution in [2.24, 2.45) is 4.99 Å². The Labute approximate surface area is 72.3 Å². The number of nitrogens with zero attached hydrogens (tertiary/aromatic N) is 2. The van der Waals surface area contributed by atoms with Crippen LogP contribution in [0.1, 0.15) is 0 Å². The minimum Gasteiger partial charge on any atom is -0.345 e. The third-order valence-corrected chi connectivity index (χ3v) is 1.62. The summed E-state index contributed by atoms with van der Waals surface area (Å²) in [4.78, 5) is 4.75. The molecule has 0 aliphatic carbocycles. The number of rotatable bonds is 1. The maximum atomic E-state index is 11.9. The topological polar surface area (TPSA) is 15.6 Å². The molecule has 1 aliphatic heterocycles. The molecule has 0 saturated heterocycles. The molecule has 0 spiro atoms. The van der Waals surface area contributed by atoms with Crippen molar-refractivity contribution < 1.29 is 13.2 Å². The highest BCUT2D eigenvalue weighted by atomic mass is 35.5. The van der Waals surface area contributed by atoms with Gasteiger partial charge in [0.05, 0.1) is 6.00 Å². The zero-order valence-corrected chi connectivity index (χ0v) is 6.73. The SMILES string of the molecule is FC(F)(F)C1=NCN(CCl)C=C1. The molecule has 0 amide bonds. The van der Waals surface area contributed by atoms with E-state index >= 15 is 0 Å². The molecule has 0 aromatic carbocycles. The summed E-state index contributed by atoms with van der Waals surface area (Å²) in [5.74, 6) is 0. The molecular formula is C6H6ClF3N2.